The number of anilines is 1. The first-order valence-corrected chi connectivity index (χ1v) is 5.55. The molecule has 0 fully saturated rings. The molecule has 0 unspecified atom stereocenters. The van der Waals surface area contributed by atoms with Crippen LogP contribution in [0.3, 0.4) is 0 Å². The second kappa shape index (κ2) is 3.69. The molecule has 0 amide bonds. The first-order chi connectivity index (χ1) is 8.66. The molecule has 0 radical (unpaired) electrons. The monoisotopic (exact) mass is 241 g/mol. The average Bonchev–Trinajstić information content (AvgIpc) is 2.66. The third-order valence-corrected chi connectivity index (χ3v) is 2.77. The van der Waals surface area contributed by atoms with Gasteiger partial charge in [-0.3, -0.25) is 0 Å². The molecule has 0 bridgehead atoms. The van der Waals surface area contributed by atoms with E-state index in [4.69, 9.17) is 11.6 Å². The lowest BCUT2D eigenvalue weighted by molar-refractivity contribution is -0.599. The molecule has 90 valence electrons. The van der Waals surface area contributed by atoms with E-state index >= 15 is 0 Å². The van der Waals surface area contributed by atoms with Crippen molar-refractivity contribution in [3.05, 3.63) is 42.1 Å². The number of benzene rings is 1. The number of nitrogen functional groups attached to an aromatic ring is 2. The Morgan fingerprint density at radius 1 is 1.22 bits per heavy atom. The Kier molecular flexibility index (Phi) is 2.16. The van der Waals surface area contributed by atoms with Crippen molar-refractivity contribution in [1.29, 1.82) is 0 Å². The number of hydrogen-bond donors (Lipinski definition) is 2. The summed E-state index contributed by atoms with van der Waals surface area (Å²) in [5, 5.41) is 4.20. The Labute approximate surface area is 103 Å². The minimum atomic E-state index is 0.227. The summed E-state index contributed by atoms with van der Waals surface area (Å²) in [5.41, 5.74) is 8.53. The summed E-state index contributed by atoms with van der Waals surface area (Å²) in [6.07, 6.45) is 0. The van der Waals surface area contributed by atoms with Crippen LogP contribution in [0.5, 0.6) is 0 Å². The average molecular weight is 241 g/mol. The third kappa shape index (κ3) is 1.46. The fourth-order valence-electron chi connectivity index (χ4n) is 1.93. The molecule has 4 N–H and O–H groups in total. The minimum absolute atomic E-state index is 0.227. The van der Waals surface area contributed by atoms with E-state index in [1.165, 1.54) is 4.68 Å². The van der Waals surface area contributed by atoms with Gasteiger partial charge >= 0.3 is 11.7 Å². The molecule has 0 aliphatic heterocycles. The Morgan fingerprint density at radius 3 is 2.67 bits per heavy atom. The van der Waals surface area contributed by atoms with Crippen molar-refractivity contribution in [1.82, 2.24) is 14.6 Å². The van der Waals surface area contributed by atoms with Crippen molar-refractivity contribution < 1.29 is 4.68 Å². The minimum Gasteiger partial charge on any atom is -0.316 e. The van der Waals surface area contributed by atoms with Crippen molar-refractivity contribution in [2.75, 3.05) is 11.6 Å². The predicted octanol–water partition coefficient (Wildman–Crippen LogP) is 0.288. The van der Waals surface area contributed by atoms with Gasteiger partial charge in [0.15, 0.2) is 0 Å². The zero-order valence-electron chi connectivity index (χ0n) is 9.91. The molecule has 2 aromatic heterocycles. The van der Waals surface area contributed by atoms with Gasteiger partial charge in [0.2, 0.25) is 0 Å². The van der Waals surface area contributed by atoms with E-state index in [2.05, 4.69) is 10.1 Å². The fourth-order valence-corrected chi connectivity index (χ4v) is 1.93. The summed E-state index contributed by atoms with van der Waals surface area (Å²) in [6, 6.07) is 11.9. The van der Waals surface area contributed by atoms with Gasteiger partial charge in [-0.2, -0.15) is 0 Å². The summed E-state index contributed by atoms with van der Waals surface area (Å²) in [4.78, 5) is 4.34. The Bertz CT molecular complexity index is 716. The van der Waals surface area contributed by atoms with E-state index in [1.807, 2.05) is 43.3 Å². The molecule has 0 saturated heterocycles. The van der Waals surface area contributed by atoms with Crippen molar-refractivity contribution in [3.8, 4) is 11.3 Å². The fraction of sp³-hybridized carbons (Fsp3) is 0.0833. The lowest BCUT2D eigenvalue weighted by Crippen LogP contribution is -2.46. The molecule has 0 aliphatic rings. The van der Waals surface area contributed by atoms with E-state index in [-0.39, 0.29) is 5.95 Å². The molecule has 0 atom stereocenters. The molecule has 2 heterocycles. The molecule has 6 nitrogen and oxygen atoms in total. The largest absolute Gasteiger partial charge is 0.380 e. The van der Waals surface area contributed by atoms with Gasteiger partial charge in [0.25, 0.3) is 0 Å². The maximum absolute atomic E-state index is 5.80. The molecule has 0 aliphatic carbocycles. The number of aromatic nitrogens is 4. The summed E-state index contributed by atoms with van der Waals surface area (Å²) in [5.74, 6) is 6.55. The number of nitrogens with zero attached hydrogens (tertiary/aromatic N) is 4. The van der Waals surface area contributed by atoms with E-state index < -0.39 is 0 Å². The van der Waals surface area contributed by atoms with Crippen LogP contribution in [-0.4, -0.2) is 14.6 Å². The van der Waals surface area contributed by atoms with Crippen LogP contribution in [0.1, 0.15) is 5.69 Å². The number of nitrogens with two attached hydrogens (primary N) is 2. The van der Waals surface area contributed by atoms with E-state index in [0.29, 0.717) is 5.78 Å². The van der Waals surface area contributed by atoms with Crippen LogP contribution in [0, 0.1) is 6.92 Å². The lowest BCUT2D eigenvalue weighted by Gasteiger charge is -2.00. The van der Waals surface area contributed by atoms with Crippen LogP contribution in [0.15, 0.2) is 36.4 Å². The van der Waals surface area contributed by atoms with Crippen molar-refractivity contribution in [3.63, 3.8) is 0 Å². The SMILES string of the molecule is Cc1cc(-c2ccccc2)n2nc(N)[n+](N)c2n1. The summed E-state index contributed by atoms with van der Waals surface area (Å²) in [7, 11) is 0. The predicted molar refractivity (Wildman–Crippen MR) is 67.9 cm³/mol. The molecule has 1 aromatic carbocycles. The van der Waals surface area contributed by atoms with Crippen LogP contribution in [-0.2, 0) is 0 Å². The van der Waals surface area contributed by atoms with Crippen LogP contribution in [0.2, 0.25) is 0 Å². The number of rotatable bonds is 1. The zero-order valence-corrected chi connectivity index (χ0v) is 9.91. The maximum atomic E-state index is 5.80. The number of hydrogen-bond acceptors (Lipinski definition) is 4. The van der Waals surface area contributed by atoms with Crippen LogP contribution in [0.25, 0.3) is 17.0 Å². The Balaban J connectivity index is 2.39. The van der Waals surface area contributed by atoms with Crippen LogP contribution < -0.4 is 16.3 Å². The molecule has 0 saturated carbocycles. The molecule has 18 heavy (non-hydrogen) atoms. The highest BCUT2D eigenvalue weighted by atomic mass is 15.5. The number of fused-ring (bicyclic) bond motifs is 1. The summed E-state index contributed by atoms with van der Waals surface area (Å²) < 4.78 is 2.93. The first kappa shape index (κ1) is 10.5. The highest BCUT2D eigenvalue weighted by Gasteiger charge is 2.19. The summed E-state index contributed by atoms with van der Waals surface area (Å²) >= 11 is 0. The van der Waals surface area contributed by atoms with E-state index in [0.717, 1.165) is 17.0 Å². The molecule has 0 spiro atoms. The smallest absolute Gasteiger partial charge is 0.316 e. The van der Waals surface area contributed by atoms with Gasteiger partial charge in [0, 0.05) is 16.7 Å². The second-order valence-electron chi connectivity index (χ2n) is 4.09. The van der Waals surface area contributed by atoms with Crippen LogP contribution in [0.4, 0.5) is 5.95 Å². The van der Waals surface area contributed by atoms with Gasteiger partial charge in [0.1, 0.15) is 5.69 Å². The van der Waals surface area contributed by atoms with Crippen molar-refractivity contribution in [2.24, 2.45) is 0 Å². The zero-order chi connectivity index (χ0) is 12.7. The molecule has 3 aromatic rings. The van der Waals surface area contributed by atoms with Gasteiger partial charge in [-0.05, 0) is 6.92 Å². The quantitative estimate of drug-likeness (QED) is 0.473. The van der Waals surface area contributed by atoms with Gasteiger partial charge in [-0.15, -0.1) is 9.66 Å². The first-order valence-electron chi connectivity index (χ1n) is 5.55. The van der Waals surface area contributed by atoms with Gasteiger partial charge in [-0.1, -0.05) is 34.8 Å². The van der Waals surface area contributed by atoms with Gasteiger partial charge in [0.05, 0.1) is 5.69 Å². The van der Waals surface area contributed by atoms with Gasteiger partial charge < -0.3 is 11.6 Å². The van der Waals surface area contributed by atoms with Gasteiger partial charge in [-0.25, -0.2) is 0 Å². The van der Waals surface area contributed by atoms with E-state index in [1.54, 1.807) is 4.52 Å². The molecule has 3 rings (SSSR count). The highest BCUT2D eigenvalue weighted by molar-refractivity contribution is 5.61. The van der Waals surface area contributed by atoms with E-state index in [9.17, 15) is 0 Å². The van der Waals surface area contributed by atoms with Crippen molar-refractivity contribution >= 4 is 11.7 Å². The molecule has 6 heteroatoms. The normalized spacial score (nSPS) is 10.9. The topological polar surface area (TPSA) is 86.1 Å². The standard InChI is InChI=1S/C12H13N6/c1-8-7-10(9-5-3-2-4-6-9)18-12(15-8)17(14)11(13)16-18/h2-7H,14H2,1H3,(H2,13,16)/q+1. The van der Waals surface area contributed by atoms with Crippen molar-refractivity contribution in [2.45, 2.75) is 6.92 Å². The number of aryl methyl sites for hydroxylation is 1. The summed E-state index contributed by atoms with van der Waals surface area (Å²) in [6.45, 7) is 1.91. The highest BCUT2D eigenvalue weighted by Crippen LogP contribution is 2.19. The lowest BCUT2D eigenvalue weighted by atomic mass is 10.1. The maximum Gasteiger partial charge on any atom is 0.380 e. The van der Waals surface area contributed by atoms with Crippen LogP contribution >= 0.6 is 0 Å². The third-order valence-electron chi connectivity index (χ3n) is 2.77. The molecular weight excluding hydrogens is 228 g/mol. The Morgan fingerprint density at radius 2 is 1.94 bits per heavy atom. The second-order valence-corrected chi connectivity index (χ2v) is 4.09. The Hall–Kier alpha value is -2.63. The molecular formula is C12H13N6+.